The van der Waals surface area contributed by atoms with Gasteiger partial charge in [0.15, 0.2) is 0 Å². The van der Waals surface area contributed by atoms with Crippen molar-refractivity contribution in [3.05, 3.63) is 56.5 Å². The van der Waals surface area contributed by atoms with Crippen LogP contribution in [0.1, 0.15) is 5.56 Å². The molecule has 0 amide bonds. The molecule has 1 aromatic carbocycles. The van der Waals surface area contributed by atoms with Crippen molar-refractivity contribution in [1.29, 1.82) is 0 Å². The lowest BCUT2D eigenvalue weighted by molar-refractivity contribution is -0.267. The number of nitrogens with zero attached hydrogens (tertiary/aromatic N) is 1. The van der Waals surface area contributed by atoms with E-state index in [1.54, 1.807) is 0 Å². The molecule has 0 aliphatic rings. The number of nitrogens with two attached hydrogens (primary N) is 1. The number of aromatic amines is 1. The van der Waals surface area contributed by atoms with Crippen LogP contribution >= 0.6 is 0 Å². The van der Waals surface area contributed by atoms with Gasteiger partial charge in [0.05, 0.1) is 12.8 Å². The van der Waals surface area contributed by atoms with E-state index in [0.29, 0.717) is 11.7 Å². The second-order valence-corrected chi connectivity index (χ2v) is 5.03. The first-order chi connectivity index (χ1) is 11.9. The fourth-order valence-corrected chi connectivity index (χ4v) is 2.26. The van der Waals surface area contributed by atoms with E-state index in [0.717, 1.165) is 24.3 Å². The SMILES string of the molecule is COC(=O)[C@@](O)(c1c(N)n(-c2ccc(F)cc2)c(=O)[nH]c1=O)C(F)(F)F. The van der Waals surface area contributed by atoms with E-state index in [-0.39, 0.29) is 5.69 Å². The summed E-state index contributed by atoms with van der Waals surface area (Å²) >= 11 is 0. The molecule has 0 bridgehead atoms. The van der Waals surface area contributed by atoms with Crippen molar-refractivity contribution >= 4 is 11.8 Å². The molecule has 2 rings (SSSR count). The van der Waals surface area contributed by atoms with Crippen LogP contribution < -0.4 is 17.0 Å². The zero-order valence-corrected chi connectivity index (χ0v) is 12.9. The minimum absolute atomic E-state index is 0.221. The number of anilines is 1. The number of carbonyl (C=O) groups excluding carboxylic acids is 1. The molecule has 1 aromatic heterocycles. The van der Waals surface area contributed by atoms with E-state index < -0.39 is 46.2 Å². The molecule has 26 heavy (non-hydrogen) atoms. The molecule has 0 aliphatic carbocycles. The summed E-state index contributed by atoms with van der Waals surface area (Å²) in [5.74, 6) is -4.12. The van der Waals surface area contributed by atoms with Crippen molar-refractivity contribution in [2.24, 2.45) is 0 Å². The van der Waals surface area contributed by atoms with E-state index in [2.05, 4.69) is 4.74 Å². The van der Waals surface area contributed by atoms with Crippen LogP contribution in [0.3, 0.4) is 0 Å². The Bertz CT molecular complexity index is 965. The van der Waals surface area contributed by atoms with Crippen molar-refractivity contribution in [3.8, 4) is 5.69 Å². The zero-order chi connectivity index (χ0) is 19.9. The summed E-state index contributed by atoms with van der Waals surface area (Å²) in [4.78, 5) is 37.1. The van der Waals surface area contributed by atoms with E-state index in [4.69, 9.17) is 5.73 Å². The van der Waals surface area contributed by atoms with Gasteiger partial charge in [0.1, 0.15) is 17.2 Å². The lowest BCUT2D eigenvalue weighted by atomic mass is 9.94. The summed E-state index contributed by atoms with van der Waals surface area (Å²) < 4.78 is 57.5. The number of ether oxygens (including phenoxy) is 1. The van der Waals surface area contributed by atoms with Gasteiger partial charge < -0.3 is 15.6 Å². The summed E-state index contributed by atoms with van der Waals surface area (Å²) in [5, 5.41) is 9.98. The average Bonchev–Trinajstić information content (AvgIpc) is 2.54. The van der Waals surface area contributed by atoms with Crippen LogP contribution in [0.4, 0.5) is 23.4 Å². The largest absolute Gasteiger partial charge is 0.466 e. The average molecular weight is 377 g/mol. The molecule has 4 N–H and O–H groups in total. The van der Waals surface area contributed by atoms with Crippen LogP contribution in [0, 0.1) is 5.82 Å². The van der Waals surface area contributed by atoms with Crippen LogP contribution in [0.5, 0.6) is 0 Å². The van der Waals surface area contributed by atoms with Gasteiger partial charge in [-0.2, -0.15) is 13.2 Å². The number of aliphatic hydroxyl groups is 1. The molecule has 2 aromatic rings. The number of esters is 1. The van der Waals surface area contributed by atoms with Gasteiger partial charge in [-0.3, -0.25) is 9.78 Å². The fourth-order valence-electron chi connectivity index (χ4n) is 2.26. The maximum absolute atomic E-state index is 13.4. The van der Waals surface area contributed by atoms with E-state index in [9.17, 15) is 37.1 Å². The molecule has 12 heteroatoms. The summed E-state index contributed by atoms with van der Waals surface area (Å²) in [7, 11) is 0.555. The van der Waals surface area contributed by atoms with Crippen LogP contribution in [0.25, 0.3) is 5.69 Å². The predicted molar refractivity (Wildman–Crippen MR) is 79.0 cm³/mol. The third-order valence-electron chi connectivity index (χ3n) is 3.49. The first-order valence-corrected chi connectivity index (χ1v) is 6.74. The highest BCUT2D eigenvalue weighted by Crippen LogP contribution is 2.40. The maximum atomic E-state index is 13.4. The number of hydrogen-bond donors (Lipinski definition) is 3. The summed E-state index contributed by atoms with van der Waals surface area (Å²) in [5.41, 5.74) is -3.80. The second-order valence-electron chi connectivity index (χ2n) is 5.03. The monoisotopic (exact) mass is 377 g/mol. The molecule has 0 spiro atoms. The van der Waals surface area contributed by atoms with Gasteiger partial charge in [-0.25, -0.2) is 18.5 Å². The summed E-state index contributed by atoms with van der Waals surface area (Å²) in [6.07, 6.45) is -5.70. The van der Waals surface area contributed by atoms with Gasteiger partial charge in [-0.05, 0) is 24.3 Å². The molecule has 0 aliphatic heterocycles. The Morgan fingerprint density at radius 2 is 1.77 bits per heavy atom. The number of rotatable bonds is 3. The van der Waals surface area contributed by atoms with Gasteiger partial charge in [0, 0.05) is 0 Å². The maximum Gasteiger partial charge on any atom is 0.432 e. The molecule has 0 saturated heterocycles. The molecule has 1 atom stereocenters. The number of methoxy groups -OCH3 is 1. The highest BCUT2D eigenvalue weighted by Gasteiger charge is 2.64. The van der Waals surface area contributed by atoms with Gasteiger partial charge in [0.25, 0.3) is 11.2 Å². The molecule has 140 valence electrons. The normalized spacial score (nSPS) is 13.9. The molecular formula is C14H11F4N3O5. The first-order valence-electron chi connectivity index (χ1n) is 6.74. The Hall–Kier alpha value is -3.15. The smallest absolute Gasteiger partial charge is 0.432 e. The Balaban J connectivity index is 2.92. The lowest BCUT2D eigenvalue weighted by Gasteiger charge is -2.28. The Morgan fingerprint density at radius 1 is 1.23 bits per heavy atom. The molecule has 8 nitrogen and oxygen atoms in total. The number of halogens is 4. The first kappa shape index (κ1) is 19.2. The molecule has 0 saturated carbocycles. The van der Waals surface area contributed by atoms with Crippen LogP contribution in [0.2, 0.25) is 0 Å². The minimum atomic E-state index is -5.70. The number of aromatic nitrogens is 2. The van der Waals surface area contributed by atoms with E-state index in [1.165, 1.54) is 4.98 Å². The molecule has 0 unspecified atom stereocenters. The molecule has 0 fully saturated rings. The molecule has 0 radical (unpaired) electrons. The second kappa shape index (κ2) is 6.29. The van der Waals surface area contributed by atoms with Crippen molar-refractivity contribution in [2.45, 2.75) is 11.8 Å². The number of nitrogen functional groups attached to an aromatic ring is 1. The van der Waals surface area contributed by atoms with Crippen molar-refractivity contribution in [3.63, 3.8) is 0 Å². The molecular weight excluding hydrogens is 366 g/mol. The van der Waals surface area contributed by atoms with Crippen LogP contribution in [-0.2, 0) is 15.1 Å². The molecule has 1 heterocycles. The van der Waals surface area contributed by atoms with Gasteiger partial charge in [0.2, 0.25) is 0 Å². The van der Waals surface area contributed by atoms with Crippen molar-refractivity contribution < 1.29 is 32.2 Å². The number of alkyl halides is 3. The van der Waals surface area contributed by atoms with Crippen LogP contribution in [-0.4, -0.2) is 33.9 Å². The quantitative estimate of drug-likeness (QED) is 0.517. The predicted octanol–water partition coefficient (Wildman–Crippen LogP) is 0.170. The van der Waals surface area contributed by atoms with Crippen LogP contribution in [0.15, 0.2) is 33.9 Å². The summed E-state index contributed by atoms with van der Waals surface area (Å²) in [6.45, 7) is 0. The standard InChI is InChI=1S/C14H11F4N3O5/c1-26-11(23)13(25,14(16,17)18)8-9(19)21(12(24)20-10(8)22)7-4-2-6(15)3-5-7/h2-5,25H,19H2,1H3,(H,20,22,24)/t13-/m0/s1. The third kappa shape index (κ3) is 2.83. The van der Waals surface area contributed by atoms with Gasteiger partial charge in [-0.15, -0.1) is 0 Å². The van der Waals surface area contributed by atoms with Gasteiger partial charge >= 0.3 is 17.8 Å². The Morgan fingerprint density at radius 3 is 2.23 bits per heavy atom. The lowest BCUT2D eigenvalue weighted by Crippen LogP contribution is -2.54. The van der Waals surface area contributed by atoms with E-state index in [1.807, 2.05) is 0 Å². The number of hydrogen-bond acceptors (Lipinski definition) is 6. The number of carbonyl (C=O) groups is 1. The zero-order valence-electron chi connectivity index (χ0n) is 12.9. The Kier molecular flexibility index (Phi) is 4.64. The van der Waals surface area contributed by atoms with E-state index >= 15 is 0 Å². The third-order valence-corrected chi connectivity index (χ3v) is 3.49. The van der Waals surface area contributed by atoms with Crippen molar-refractivity contribution in [2.75, 3.05) is 12.8 Å². The summed E-state index contributed by atoms with van der Waals surface area (Å²) in [6, 6.07) is 3.73. The highest BCUT2D eigenvalue weighted by molar-refractivity contribution is 5.83. The topological polar surface area (TPSA) is 127 Å². The number of benzene rings is 1. The number of nitrogens with one attached hydrogen (secondary N) is 1. The van der Waals surface area contributed by atoms with Crippen molar-refractivity contribution in [1.82, 2.24) is 9.55 Å². The highest BCUT2D eigenvalue weighted by atomic mass is 19.4. The van der Waals surface area contributed by atoms with Gasteiger partial charge in [-0.1, -0.05) is 0 Å². The minimum Gasteiger partial charge on any atom is -0.466 e. The number of H-pyrrole nitrogens is 1. The fraction of sp³-hybridized carbons (Fsp3) is 0.214. The Labute approximate surface area is 141 Å².